The number of hydrogen-bond acceptors (Lipinski definition) is 10. The minimum absolute atomic E-state index is 0.330. The van der Waals surface area contributed by atoms with Crippen molar-refractivity contribution in [2.24, 2.45) is 0 Å². The summed E-state index contributed by atoms with van der Waals surface area (Å²) in [6, 6.07) is 0. The maximum absolute atomic E-state index is 10.8. The molecule has 30 heavy (non-hydrogen) atoms. The van der Waals surface area contributed by atoms with E-state index in [1.807, 2.05) is 6.92 Å². The van der Waals surface area contributed by atoms with Gasteiger partial charge in [0.05, 0.1) is 13.7 Å². The third-order valence-electron chi connectivity index (χ3n) is 2.38. The second-order valence-electron chi connectivity index (χ2n) is 5.04. The Bertz CT molecular complexity index is 572. The fourth-order valence-corrected chi connectivity index (χ4v) is 2.82. The van der Waals surface area contributed by atoms with Crippen LogP contribution < -0.4 is 0 Å². The van der Waals surface area contributed by atoms with E-state index in [4.69, 9.17) is 13.3 Å². The molecule has 0 saturated heterocycles. The van der Waals surface area contributed by atoms with E-state index in [1.54, 1.807) is 0 Å². The van der Waals surface area contributed by atoms with Crippen LogP contribution in [0.15, 0.2) is 37.6 Å². The standard InChI is InChI=1S/C8H12O6Si.C7H12O2.C4H6O2/c1-5-15(12-6(2)9,13-7(3)10)14-8(4)11;1-3-5-6-9-7(8)4-2;1-3-4(5)6-2/h5H,1H2,2-4H3;4H,2-3,5-6H2,1H3;3H,1H2,2H3. The van der Waals surface area contributed by atoms with Crippen LogP contribution in [-0.4, -0.2) is 52.4 Å². The Kier molecular flexibility index (Phi) is 20.1. The van der Waals surface area contributed by atoms with E-state index < -0.39 is 32.7 Å². The molecule has 0 N–H and O–H groups in total. The topological polar surface area (TPSA) is 132 Å². The van der Waals surface area contributed by atoms with Crippen molar-refractivity contribution in [2.75, 3.05) is 13.7 Å². The van der Waals surface area contributed by atoms with Gasteiger partial charge in [0.25, 0.3) is 17.9 Å². The van der Waals surface area contributed by atoms with Gasteiger partial charge in [0.15, 0.2) is 0 Å². The molecule has 0 aliphatic rings. The summed E-state index contributed by atoms with van der Waals surface area (Å²) in [7, 11) is -2.43. The van der Waals surface area contributed by atoms with Crippen LogP contribution in [0.25, 0.3) is 0 Å². The van der Waals surface area contributed by atoms with Crippen molar-refractivity contribution >= 4 is 38.7 Å². The Hall–Kier alpha value is -3.21. The average Bonchev–Trinajstić information content (AvgIpc) is 2.66. The molecule has 11 heteroatoms. The Morgan fingerprint density at radius 2 is 1.20 bits per heavy atom. The number of rotatable bonds is 9. The summed E-state index contributed by atoms with van der Waals surface area (Å²) < 4.78 is 22.9. The zero-order chi connectivity index (χ0) is 24.2. The van der Waals surface area contributed by atoms with Crippen molar-refractivity contribution in [3.8, 4) is 0 Å². The van der Waals surface area contributed by atoms with E-state index in [0.717, 1.165) is 45.4 Å². The van der Waals surface area contributed by atoms with Gasteiger partial charge in [0.2, 0.25) is 0 Å². The Labute approximate surface area is 177 Å². The summed E-state index contributed by atoms with van der Waals surface area (Å²) in [4.78, 5) is 52.5. The lowest BCUT2D eigenvalue weighted by Gasteiger charge is -2.22. The molecule has 0 unspecified atom stereocenters. The Morgan fingerprint density at radius 1 is 0.800 bits per heavy atom. The number of ether oxygens (including phenoxy) is 2. The zero-order valence-corrected chi connectivity index (χ0v) is 19.1. The first-order valence-electron chi connectivity index (χ1n) is 8.65. The van der Waals surface area contributed by atoms with Crippen molar-refractivity contribution in [2.45, 2.75) is 40.5 Å². The molecule has 10 nitrogen and oxygen atoms in total. The predicted molar refractivity (Wildman–Crippen MR) is 110 cm³/mol. The smallest absolute Gasteiger partial charge is 0.466 e. The minimum atomic E-state index is -3.74. The van der Waals surface area contributed by atoms with E-state index in [0.29, 0.717) is 6.61 Å². The van der Waals surface area contributed by atoms with Crippen LogP contribution in [0, 0.1) is 0 Å². The number of carbonyl (C=O) groups is 5. The van der Waals surface area contributed by atoms with Crippen molar-refractivity contribution in [1.29, 1.82) is 0 Å². The molecular formula is C19H30O10Si. The molecule has 0 saturated carbocycles. The summed E-state index contributed by atoms with van der Waals surface area (Å²) in [5, 5.41) is 0. The monoisotopic (exact) mass is 446 g/mol. The molecule has 0 aromatic heterocycles. The maximum Gasteiger partial charge on any atom is 0.734 e. The highest BCUT2D eigenvalue weighted by atomic mass is 28.4. The van der Waals surface area contributed by atoms with E-state index in [9.17, 15) is 24.0 Å². The first-order chi connectivity index (χ1) is 13.9. The SMILES string of the molecule is C=CC(=O)OC.C=CC(=O)OCCCC.C=C[Si](OC(C)=O)(OC(C)=O)OC(C)=O. The van der Waals surface area contributed by atoms with E-state index in [1.165, 1.54) is 13.2 Å². The molecule has 0 bridgehead atoms. The van der Waals surface area contributed by atoms with Gasteiger partial charge in [-0.05, 0) is 6.42 Å². The van der Waals surface area contributed by atoms with Gasteiger partial charge in [-0.1, -0.05) is 33.1 Å². The highest BCUT2D eigenvalue weighted by Crippen LogP contribution is 2.12. The van der Waals surface area contributed by atoms with Crippen LogP contribution in [0.1, 0.15) is 40.5 Å². The van der Waals surface area contributed by atoms with Gasteiger partial charge < -0.3 is 22.8 Å². The van der Waals surface area contributed by atoms with Crippen LogP contribution in [-0.2, 0) is 46.7 Å². The third kappa shape index (κ3) is 21.1. The molecule has 0 amide bonds. The summed E-state index contributed by atoms with van der Waals surface area (Å²) >= 11 is 0. The quantitative estimate of drug-likeness (QED) is 0.225. The molecule has 0 fully saturated rings. The van der Waals surface area contributed by atoms with E-state index in [-0.39, 0.29) is 5.97 Å². The van der Waals surface area contributed by atoms with Gasteiger partial charge in [-0.2, -0.15) is 0 Å². The lowest BCUT2D eigenvalue weighted by Crippen LogP contribution is -2.47. The fourth-order valence-electron chi connectivity index (χ4n) is 1.25. The third-order valence-corrected chi connectivity index (χ3v) is 4.60. The molecule has 0 aromatic carbocycles. The summed E-state index contributed by atoms with van der Waals surface area (Å²) in [5.41, 5.74) is 1.04. The molecule has 0 aliphatic heterocycles. The van der Waals surface area contributed by atoms with Gasteiger partial charge in [0.1, 0.15) is 0 Å². The van der Waals surface area contributed by atoms with Gasteiger partial charge >= 0.3 is 20.7 Å². The molecular weight excluding hydrogens is 416 g/mol. The molecule has 0 rings (SSSR count). The Balaban J connectivity index is -0.000000411. The molecule has 0 heterocycles. The van der Waals surface area contributed by atoms with Crippen LogP contribution >= 0.6 is 0 Å². The predicted octanol–water partition coefficient (Wildman–Crippen LogP) is 2.20. The van der Waals surface area contributed by atoms with Crippen LogP contribution in [0.5, 0.6) is 0 Å². The van der Waals surface area contributed by atoms with Crippen molar-refractivity contribution in [1.82, 2.24) is 0 Å². The second kappa shape index (κ2) is 19.1. The lowest BCUT2D eigenvalue weighted by molar-refractivity contribution is -0.147. The van der Waals surface area contributed by atoms with Crippen LogP contribution in [0.4, 0.5) is 0 Å². The lowest BCUT2D eigenvalue weighted by atomic mass is 10.4. The van der Waals surface area contributed by atoms with Gasteiger partial charge in [-0.15, -0.1) is 0 Å². The second-order valence-corrected chi connectivity index (χ2v) is 7.27. The Morgan fingerprint density at radius 3 is 1.40 bits per heavy atom. The maximum atomic E-state index is 10.8. The van der Waals surface area contributed by atoms with Crippen LogP contribution in [0.3, 0.4) is 0 Å². The van der Waals surface area contributed by atoms with E-state index in [2.05, 4.69) is 29.2 Å². The first-order valence-corrected chi connectivity index (χ1v) is 10.5. The summed E-state index contributed by atoms with van der Waals surface area (Å²) in [6.07, 6.45) is 4.26. The van der Waals surface area contributed by atoms with Gasteiger partial charge in [0, 0.05) is 38.6 Å². The number of hydrogen-bond donors (Lipinski definition) is 0. The minimum Gasteiger partial charge on any atom is -0.466 e. The molecule has 0 atom stereocenters. The van der Waals surface area contributed by atoms with Crippen molar-refractivity contribution in [3.63, 3.8) is 0 Å². The number of methoxy groups -OCH3 is 1. The van der Waals surface area contributed by atoms with Gasteiger partial charge in [-0.25, -0.2) is 9.59 Å². The number of carbonyl (C=O) groups excluding carboxylic acids is 5. The number of esters is 2. The molecule has 0 spiro atoms. The molecule has 0 radical (unpaired) electrons. The summed E-state index contributed by atoms with van der Waals surface area (Å²) in [6.45, 7) is 15.6. The first kappa shape index (κ1) is 31.5. The average molecular weight is 447 g/mol. The van der Waals surface area contributed by atoms with Crippen molar-refractivity contribution < 1.29 is 46.7 Å². The highest BCUT2D eigenvalue weighted by molar-refractivity contribution is 6.70. The molecule has 0 aliphatic carbocycles. The van der Waals surface area contributed by atoms with E-state index >= 15 is 0 Å². The molecule has 0 aromatic rings. The summed E-state index contributed by atoms with van der Waals surface area (Å²) in [5.74, 6) is -2.88. The highest BCUT2D eigenvalue weighted by Gasteiger charge is 2.48. The van der Waals surface area contributed by atoms with Crippen LogP contribution in [0.2, 0.25) is 0 Å². The van der Waals surface area contributed by atoms with Gasteiger partial charge in [-0.3, -0.25) is 14.4 Å². The largest absolute Gasteiger partial charge is 0.734 e. The fraction of sp³-hybridized carbons (Fsp3) is 0.421. The molecule has 170 valence electrons. The van der Waals surface area contributed by atoms with Crippen molar-refractivity contribution in [3.05, 3.63) is 37.6 Å². The number of unbranched alkanes of at least 4 members (excludes halogenated alkanes) is 1. The zero-order valence-electron chi connectivity index (χ0n) is 18.1. The normalized spacial score (nSPS) is 8.97.